The number of likely N-dealkylation sites (tertiary alicyclic amines) is 1. The van der Waals surface area contributed by atoms with Crippen molar-refractivity contribution in [1.29, 1.82) is 0 Å². The van der Waals surface area contributed by atoms with Crippen LogP contribution in [0.2, 0.25) is 0 Å². The number of aliphatic hydroxyl groups excluding tert-OH is 1. The highest BCUT2D eigenvalue weighted by Crippen LogP contribution is 2.21. The molecular formula is C16H24N2O3. The van der Waals surface area contributed by atoms with E-state index in [0.717, 1.165) is 24.8 Å². The molecule has 0 saturated carbocycles. The van der Waals surface area contributed by atoms with E-state index in [2.05, 4.69) is 0 Å². The zero-order valence-electron chi connectivity index (χ0n) is 12.3. The highest BCUT2D eigenvalue weighted by molar-refractivity contribution is 5.68. The Hall–Kier alpha value is -1.59. The van der Waals surface area contributed by atoms with Gasteiger partial charge in [0.1, 0.15) is 6.61 Å². The second-order valence-electron chi connectivity index (χ2n) is 5.47. The summed E-state index contributed by atoms with van der Waals surface area (Å²) in [6, 6.07) is 9.40. The maximum absolute atomic E-state index is 12.3. The van der Waals surface area contributed by atoms with Crippen molar-refractivity contribution >= 4 is 6.09 Å². The Bertz CT molecular complexity index is 438. The molecule has 21 heavy (non-hydrogen) atoms. The molecule has 0 aliphatic carbocycles. The third kappa shape index (κ3) is 4.44. The van der Waals surface area contributed by atoms with Crippen LogP contribution in [0.25, 0.3) is 0 Å². The molecule has 0 unspecified atom stereocenters. The quantitative estimate of drug-likeness (QED) is 0.869. The molecule has 1 aliphatic heterocycles. The molecule has 5 nitrogen and oxygen atoms in total. The lowest BCUT2D eigenvalue weighted by Crippen LogP contribution is -2.53. The van der Waals surface area contributed by atoms with Crippen LogP contribution >= 0.6 is 0 Å². The normalized spacial score (nSPS) is 20.1. The zero-order chi connectivity index (χ0) is 15.1. The van der Waals surface area contributed by atoms with Gasteiger partial charge in [0, 0.05) is 19.2 Å². The fourth-order valence-corrected chi connectivity index (χ4v) is 2.77. The van der Waals surface area contributed by atoms with Gasteiger partial charge in [-0.3, -0.25) is 0 Å². The van der Waals surface area contributed by atoms with Gasteiger partial charge in [0.25, 0.3) is 0 Å². The van der Waals surface area contributed by atoms with Crippen molar-refractivity contribution < 1.29 is 14.6 Å². The Kier molecular flexibility index (Phi) is 6.02. The molecule has 0 spiro atoms. The minimum atomic E-state index is -0.308. The lowest BCUT2D eigenvalue weighted by Gasteiger charge is -2.38. The Morgan fingerprint density at radius 3 is 2.86 bits per heavy atom. The van der Waals surface area contributed by atoms with Crippen molar-refractivity contribution in [1.82, 2.24) is 4.90 Å². The molecule has 0 radical (unpaired) electrons. The lowest BCUT2D eigenvalue weighted by molar-refractivity contribution is 0.0587. The van der Waals surface area contributed by atoms with Crippen molar-refractivity contribution in [2.75, 3.05) is 13.2 Å². The van der Waals surface area contributed by atoms with E-state index in [1.807, 2.05) is 30.3 Å². The van der Waals surface area contributed by atoms with Crippen LogP contribution in [0.5, 0.6) is 0 Å². The summed E-state index contributed by atoms with van der Waals surface area (Å²) in [6.07, 6.45) is 3.11. The van der Waals surface area contributed by atoms with E-state index in [0.29, 0.717) is 13.0 Å². The lowest BCUT2D eigenvalue weighted by atomic mass is 9.95. The van der Waals surface area contributed by atoms with Crippen LogP contribution in [0.1, 0.15) is 31.2 Å². The van der Waals surface area contributed by atoms with Gasteiger partial charge in [-0.25, -0.2) is 4.79 Å². The number of rotatable bonds is 5. The van der Waals surface area contributed by atoms with Crippen molar-refractivity contribution in [3.8, 4) is 0 Å². The standard InChI is InChI=1S/C16H24N2O3/c17-14(9-11-19)15-8-4-5-10-18(15)16(20)21-12-13-6-2-1-3-7-13/h1-3,6-7,14-15,19H,4-5,8-12,17H2/t14-,15-/m1/s1. The molecule has 2 atom stereocenters. The first-order valence-electron chi connectivity index (χ1n) is 7.56. The summed E-state index contributed by atoms with van der Waals surface area (Å²) in [5.74, 6) is 0. The van der Waals surface area contributed by atoms with E-state index in [9.17, 15) is 4.79 Å². The molecular weight excluding hydrogens is 268 g/mol. The Balaban J connectivity index is 1.92. The molecule has 3 N–H and O–H groups in total. The molecule has 0 bridgehead atoms. The molecule has 1 heterocycles. The minimum absolute atomic E-state index is 0.0332. The van der Waals surface area contributed by atoms with Crippen molar-refractivity contribution in [2.24, 2.45) is 5.73 Å². The van der Waals surface area contributed by atoms with E-state index in [1.54, 1.807) is 4.90 Å². The number of benzene rings is 1. The van der Waals surface area contributed by atoms with E-state index in [4.69, 9.17) is 15.6 Å². The summed E-state index contributed by atoms with van der Waals surface area (Å²) in [6.45, 7) is 1.00. The topological polar surface area (TPSA) is 75.8 Å². The molecule has 2 rings (SSSR count). The smallest absolute Gasteiger partial charge is 0.410 e. The van der Waals surface area contributed by atoms with Gasteiger partial charge < -0.3 is 20.5 Å². The van der Waals surface area contributed by atoms with Crippen LogP contribution in [0.3, 0.4) is 0 Å². The summed E-state index contributed by atoms with van der Waals surface area (Å²) >= 11 is 0. The molecule has 1 amide bonds. The summed E-state index contributed by atoms with van der Waals surface area (Å²) in [5.41, 5.74) is 7.06. The molecule has 1 aliphatic rings. The number of carbonyl (C=O) groups excluding carboxylic acids is 1. The van der Waals surface area contributed by atoms with Crippen molar-refractivity contribution in [2.45, 2.75) is 44.4 Å². The largest absolute Gasteiger partial charge is 0.445 e. The van der Waals surface area contributed by atoms with Crippen LogP contribution < -0.4 is 5.73 Å². The van der Waals surface area contributed by atoms with Crippen LogP contribution in [-0.4, -0.2) is 41.3 Å². The molecule has 0 aromatic heterocycles. The average Bonchev–Trinajstić information content (AvgIpc) is 2.54. The SMILES string of the molecule is N[C@H](CCO)[C@H]1CCCCN1C(=O)OCc1ccccc1. The number of nitrogens with two attached hydrogens (primary N) is 1. The summed E-state index contributed by atoms with van der Waals surface area (Å²) in [7, 11) is 0. The summed E-state index contributed by atoms with van der Waals surface area (Å²) in [5, 5.41) is 9.03. The van der Waals surface area contributed by atoms with Gasteiger partial charge >= 0.3 is 6.09 Å². The van der Waals surface area contributed by atoms with Crippen LogP contribution in [-0.2, 0) is 11.3 Å². The maximum Gasteiger partial charge on any atom is 0.410 e. The number of nitrogens with zero attached hydrogens (tertiary/aromatic N) is 1. The van der Waals surface area contributed by atoms with Gasteiger partial charge in [0.05, 0.1) is 6.04 Å². The second kappa shape index (κ2) is 8.00. The number of ether oxygens (including phenoxy) is 1. The number of amides is 1. The minimum Gasteiger partial charge on any atom is -0.445 e. The van der Waals surface area contributed by atoms with Gasteiger partial charge in [-0.1, -0.05) is 30.3 Å². The third-order valence-corrected chi connectivity index (χ3v) is 3.95. The average molecular weight is 292 g/mol. The van der Waals surface area contributed by atoms with Crippen molar-refractivity contribution in [3.05, 3.63) is 35.9 Å². The molecule has 116 valence electrons. The fraction of sp³-hybridized carbons (Fsp3) is 0.562. The highest BCUT2D eigenvalue weighted by Gasteiger charge is 2.31. The van der Waals surface area contributed by atoms with Gasteiger partial charge in [0.15, 0.2) is 0 Å². The van der Waals surface area contributed by atoms with Gasteiger partial charge in [-0.05, 0) is 31.2 Å². The van der Waals surface area contributed by atoms with Crippen LogP contribution in [0.4, 0.5) is 4.79 Å². The molecule has 1 aromatic rings. The Labute approximate surface area is 125 Å². The predicted molar refractivity (Wildman–Crippen MR) is 80.7 cm³/mol. The third-order valence-electron chi connectivity index (χ3n) is 3.95. The second-order valence-corrected chi connectivity index (χ2v) is 5.47. The maximum atomic E-state index is 12.3. The van der Waals surface area contributed by atoms with E-state index in [-0.39, 0.29) is 31.4 Å². The van der Waals surface area contributed by atoms with Gasteiger partial charge in [-0.15, -0.1) is 0 Å². The molecule has 1 aromatic carbocycles. The fourth-order valence-electron chi connectivity index (χ4n) is 2.77. The first-order chi connectivity index (χ1) is 10.2. The van der Waals surface area contributed by atoms with E-state index >= 15 is 0 Å². The Morgan fingerprint density at radius 1 is 1.38 bits per heavy atom. The Morgan fingerprint density at radius 2 is 2.14 bits per heavy atom. The van der Waals surface area contributed by atoms with E-state index < -0.39 is 0 Å². The van der Waals surface area contributed by atoms with Crippen LogP contribution in [0.15, 0.2) is 30.3 Å². The highest BCUT2D eigenvalue weighted by atomic mass is 16.6. The van der Waals surface area contributed by atoms with Gasteiger partial charge in [-0.2, -0.15) is 0 Å². The number of hydrogen-bond donors (Lipinski definition) is 2. The molecule has 5 heteroatoms. The first kappa shape index (κ1) is 15.8. The molecule has 1 saturated heterocycles. The predicted octanol–water partition coefficient (Wildman–Crippen LogP) is 1.89. The van der Waals surface area contributed by atoms with Gasteiger partial charge in [0.2, 0.25) is 0 Å². The molecule has 1 fully saturated rings. The monoisotopic (exact) mass is 292 g/mol. The summed E-state index contributed by atoms with van der Waals surface area (Å²) < 4.78 is 5.40. The number of piperidine rings is 1. The zero-order valence-corrected chi connectivity index (χ0v) is 12.3. The first-order valence-corrected chi connectivity index (χ1v) is 7.56. The van der Waals surface area contributed by atoms with Crippen LogP contribution in [0, 0.1) is 0 Å². The summed E-state index contributed by atoms with van der Waals surface area (Å²) in [4.78, 5) is 14.0. The number of aliphatic hydroxyl groups is 1. The van der Waals surface area contributed by atoms with E-state index in [1.165, 1.54) is 0 Å². The number of hydrogen-bond acceptors (Lipinski definition) is 4. The number of carbonyl (C=O) groups is 1. The van der Waals surface area contributed by atoms with Crippen molar-refractivity contribution in [3.63, 3.8) is 0 Å².